The molecule has 2 nitrogen and oxygen atoms in total. The molecule has 0 amide bonds. The minimum absolute atomic E-state index is 0.478. The van der Waals surface area contributed by atoms with E-state index in [4.69, 9.17) is 16.3 Å². The summed E-state index contributed by atoms with van der Waals surface area (Å²) in [6.45, 7) is 0. The number of nitrogens with one attached hydrogen (secondary N) is 1. The molecule has 2 aromatic rings. The average molecular weight is 367 g/mol. The van der Waals surface area contributed by atoms with E-state index in [1.54, 1.807) is 7.11 Å². The molecule has 4 heteroatoms. The molecule has 1 N–H and O–H groups in total. The van der Waals surface area contributed by atoms with Gasteiger partial charge in [0, 0.05) is 15.5 Å². The van der Waals surface area contributed by atoms with Crippen LogP contribution in [0.3, 0.4) is 0 Å². The molecule has 0 unspecified atom stereocenters. The van der Waals surface area contributed by atoms with Gasteiger partial charge in [0.25, 0.3) is 0 Å². The Hall–Kier alpha value is -1.19. The number of anilines is 1. The van der Waals surface area contributed by atoms with Crippen LogP contribution in [0.1, 0.15) is 24.3 Å². The molecule has 21 heavy (non-hydrogen) atoms. The second kappa shape index (κ2) is 6.29. The van der Waals surface area contributed by atoms with Gasteiger partial charge in [-0.25, -0.2) is 0 Å². The first-order chi connectivity index (χ1) is 10.2. The fraction of sp³-hybridized carbons (Fsp3) is 0.294. The van der Waals surface area contributed by atoms with Gasteiger partial charge < -0.3 is 10.1 Å². The van der Waals surface area contributed by atoms with E-state index in [9.17, 15) is 0 Å². The van der Waals surface area contributed by atoms with Gasteiger partial charge in [-0.15, -0.1) is 0 Å². The molecule has 3 rings (SSSR count). The highest BCUT2D eigenvalue weighted by Crippen LogP contribution is 2.40. The quantitative estimate of drug-likeness (QED) is 0.774. The van der Waals surface area contributed by atoms with Crippen LogP contribution in [0.2, 0.25) is 5.02 Å². The smallest absolute Gasteiger partial charge is 0.142 e. The highest BCUT2D eigenvalue weighted by Gasteiger charge is 2.30. The van der Waals surface area contributed by atoms with Gasteiger partial charge >= 0.3 is 0 Å². The molecule has 1 fully saturated rings. The van der Waals surface area contributed by atoms with Gasteiger partial charge in [0.05, 0.1) is 12.8 Å². The third kappa shape index (κ3) is 3.35. The predicted octanol–water partition coefficient (Wildman–Crippen LogP) is 5.47. The van der Waals surface area contributed by atoms with Crippen molar-refractivity contribution in [1.29, 1.82) is 0 Å². The van der Waals surface area contributed by atoms with Crippen molar-refractivity contribution in [2.45, 2.75) is 24.8 Å². The number of halogens is 2. The molecule has 0 heterocycles. The summed E-state index contributed by atoms with van der Waals surface area (Å²) >= 11 is 9.53. The van der Waals surface area contributed by atoms with Gasteiger partial charge in [-0.2, -0.15) is 0 Å². The summed E-state index contributed by atoms with van der Waals surface area (Å²) in [5, 5.41) is 4.26. The molecule has 2 aromatic carbocycles. The van der Waals surface area contributed by atoms with Crippen molar-refractivity contribution < 1.29 is 4.74 Å². The van der Waals surface area contributed by atoms with E-state index in [1.165, 1.54) is 5.56 Å². The van der Waals surface area contributed by atoms with E-state index in [0.717, 1.165) is 33.8 Å². The minimum Gasteiger partial charge on any atom is -0.495 e. The molecule has 110 valence electrons. The fourth-order valence-electron chi connectivity index (χ4n) is 2.76. The predicted molar refractivity (Wildman–Crippen MR) is 91.5 cm³/mol. The standard InChI is InChI=1S/C17H17BrClNO/c1-21-17-7-6-14(19)10-16(17)20-15-8-12(9-15)11-2-4-13(18)5-3-11/h2-7,10,12,15,20H,8-9H2,1H3. The Bertz CT molecular complexity index is 623. The summed E-state index contributed by atoms with van der Waals surface area (Å²) in [5.41, 5.74) is 2.39. The van der Waals surface area contributed by atoms with Crippen LogP contribution in [0, 0.1) is 0 Å². The molecule has 1 saturated carbocycles. The second-order valence-corrected chi connectivity index (χ2v) is 6.76. The highest BCUT2D eigenvalue weighted by molar-refractivity contribution is 9.10. The number of hydrogen-bond acceptors (Lipinski definition) is 2. The van der Waals surface area contributed by atoms with E-state index in [2.05, 4.69) is 45.5 Å². The molecule has 0 saturated heterocycles. The largest absolute Gasteiger partial charge is 0.495 e. The van der Waals surface area contributed by atoms with Crippen molar-refractivity contribution in [3.63, 3.8) is 0 Å². The van der Waals surface area contributed by atoms with Crippen molar-refractivity contribution >= 4 is 33.2 Å². The lowest BCUT2D eigenvalue weighted by atomic mass is 9.76. The van der Waals surface area contributed by atoms with Gasteiger partial charge in [0.2, 0.25) is 0 Å². The Kier molecular flexibility index (Phi) is 4.41. The summed E-state index contributed by atoms with van der Waals surface area (Å²) < 4.78 is 6.50. The monoisotopic (exact) mass is 365 g/mol. The number of methoxy groups -OCH3 is 1. The molecule has 1 aliphatic carbocycles. The zero-order valence-corrected chi connectivity index (χ0v) is 14.1. The second-order valence-electron chi connectivity index (χ2n) is 5.41. The molecule has 0 spiro atoms. The van der Waals surface area contributed by atoms with Gasteiger partial charge in [0.15, 0.2) is 0 Å². The number of benzene rings is 2. The van der Waals surface area contributed by atoms with Crippen LogP contribution in [0.15, 0.2) is 46.9 Å². The van der Waals surface area contributed by atoms with Crippen molar-refractivity contribution in [3.8, 4) is 5.75 Å². The lowest BCUT2D eigenvalue weighted by molar-refractivity contribution is 0.370. The molecular formula is C17H17BrClNO. The topological polar surface area (TPSA) is 21.3 Å². The zero-order valence-electron chi connectivity index (χ0n) is 11.8. The van der Waals surface area contributed by atoms with Crippen LogP contribution in [0.25, 0.3) is 0 Å². The maximum absolute atomic E-state index is 6.06. The van der Waals surface area contributed by atoms with Crippen LogP contribution in [0.4, 0.5) is 5.69 Å². The summed E-state index contributed by atoms with van der Waals surface area (Å²) in [6.07, 6.45) is 2.27. The van der Waals surface area contributed by atoms with Crippen molar-refractivity contribution in [3.05, 3.63) is 57.5 Å². The summed E-state index contributed by atoms with van der Waals surface area (Å²) in [5.74, 6) is 1.48. The van der Waals surface area contributed by atoms with Crippen LogP contribution in [-0.2, 0) is 0 Å². The molecular weight excluding hydrogens is 350 g/mol. The molecule has 1 aliphatic rings. The summed E-state index contributed by atoms with van der Waals surface area (Å²) in [6, 6.07) is 14.8. The number of hydrogen-bond donors (Lipinski definition) is 1. The Morgan fingerprint density at radius 3 is 2.52 bits per heavy atom. The van der Waals surface area contributed by atoms with E-state index >= 15 is 0 Å². The maximum atomic E-state index is 6.06. The molecule has 0 bridgehead atoms. The summed E-state index contributed by atoms with van der Waals surface area (Å²) in [4.78, 5) is 0. The van der Waals surface area contributed by atoms with Crippen molar-refractivity contribution in [1.82, 2.24) is 0 Å². The van der Waals surface area contributed by atoms with E-state index in [1.807, 2.05) is 18.2 Å². The third-order valence-electron chi connectivity index (χ3n) is 4.00. The van der Waals surface area contributed by atoms with Crippen LogP contribution < -0.4 is 10.1 Å². The normalized spacial score (nSPS) is 20.7. The molecule has 0 aliphatic heterocycles. The molecule has 0 aromatic heterocycles. The van der Waals surface area contributed by atoms with Gasteiger partial charge in [-0.1, -0.05) is 39.7 Å². The fourth-order valence-corrected chi connectivity index (χ4v) is 3.19. The zero-order chi connectivity index (χ0) is 14.8. The maximum Gasteiger partial charge on any atom is 0.142 e. The van der Waals surface area contributed by atoms with Gasteiger partial charge in [0.1, 0.15) is 5.75 Å². The van der Waals surface area contributed by atoms with Crippen molar-refractivity contribution in [2.75, 3.05) is 12.4 Å². The lowest BCUT2D eigenvalue weighted by Gasteiger charge is -2.37. The SMILES string of the molecule is COc1ccc(Cl)cc1NC1CC(c2ccc(Br)cc2)C1. The number of rotatable bonds is 4. The molecule has 0 atom stereocenters. The van der Waals surface area contributed by atoms with Crippen LogP contribution in [-0.4, -0.2) is 13.2 Å². The van der Waals surface area contributed by atoms with Crippen LogP contribution >= 0.6 is 27.5 Å². The van der Waals surface area contributed by atoms with Crippen molar-refractivity contribution in [2.24, 2.45) is 0 Å². The first-order valence-electron chi connectivity index (χ1n) is 7.01. The van der Waals surface area contributed by atoms with Gasteiger partial charge in [-0.3, -0.25) is 0 Å². The lowest BCUT2D eigenvalue weighted by Crippen LogP contribution is -2.34. The first-order valence-corrected chi connectivity index (χ1v) is 8.18. The number of ether oxygens (including phenoxy) is 1. The molecule has 0 radical (unpaired) electrons. The highest BCUT2D eigenvalue weighted by atomic mass is 79.9. The Morgan fingerprint density at radius 2 is 1.86 bits per heavy atom. The minimum atomic E-state index is 0.478. The first kappa shape index (κ1) is 14.7. The third-order valence-corrected chi connectivity index (χ3v) is 4.76. The Labute approximate surface area is 138 Å². The van der Waals surface area contributed by atoms with Gasteiger partial charge in [-0.05, 0) is 54.7 Å². The Balaban J connectivity index is 1.62. The van der Waals surface area contributed by atoms with E-state index in [0.29, 0.717) is 12.0 Å². The summed E-state index contributed by atoms with van der Waals surface area (Å²) in [7, 11) is 1.68. The van der Waals surface area contributed by atoms with E-state index in [-0.39, 0.29) is 0 Å². The average Bonchev–Trinajstić information content (AvgIpc) is 2.44. The van der Waals surface area contributed by atoms with E-state index < -0.39 is 0 Å². The van der Waals surface area contributed by atoms with Crippen LogP contribution in [0.5, 0.6) is 5.75 Å². The Morgan fingerprint density at radius 1 is 1.14 bits per heavy atom.